The van der Waals surface area contributed by atoms with Crippen LogP contribution in [0.3, 0.4) is 0 Å². The number of piperidine rings is 2. The van der Waals surface area contributed by atoms with Gasteiger partial charge in [0.25, 0.3) is 5.69 Å². The first-order chi connectivity index (χ1) is 15.5. The van der Waals surface area contributed by atoms with Gasteiger partial charge in [0, 0.05) is 32.2 Å². The molecule has 0 spiro atoms. The van der Waals surface area contributed by atoms with Gasteiger partial charge >= 0.3 is 5.69 Å². The van der Waals surface area contributed by atoms with Gasteiger partial charge in [0.2, 0.25) is 17.8 Å². The third-order valence-electron chi connectivity index (χ3n) is 5.59. The van der Waals surface area contributed by atoms with Gasteiger partial charge in [-0.05, 0) is 44.6 Å². The average Bonchev–Trinajstić information content (AvgIpc) is 2.83. The summed E-state index contributed by atoms with van der Waals surface area (Å²) in [4.78, 5) is 39.0. The number of nitrogens with one attached hydrogen (secondary N) is 2. The molecule has 2 aliphatic rings. The van der Waals surface area contributed by atoms with Crippen molar-refractivity contribution in [3.8, 4) is 0 Å². The smallest absolute Gasteiger partial charge is 0.300 e. The van der Waals surface area contributed by atoms with Crippen molar-refractivity contribution in [2.45, 2.75) is 38.5 Å². The minimum Gasteiger partial charge on any atom is -0.341 e. The molecule has 1 aromatic carbocycles. The molecule has 2 aliphatic heterocycles. The van der Waals surface area contributed by atoms with E-state index in [-0.39, 0.29) is 17.3 Å². The number of rotatable bonds is 7. The molecule has 1 aromatic heterocycles. The zero-order chi connectivity index (χ0) is 22.5. The topological polar surface area (TPSA) is 155 Å². The number of nitro groups is 2. The Bertz CT molecular complexity index is 955. The average molecular weight is 443 g/mol. The van der Waals surface area contributed by atoms with Crippen LogP contribution < -0.4 is 20.7 Å². The Morgan fingerprint density at radius 2 is 1.31 bits per heavy atom. The number of hydrogen-bond acceptors (Lipinski definition) is 11. The Morgan fingerprint density at radius 3 is 1.81 bits per heavy atom. The van der Waals surface area contributed by atoms with Crippen molar-refractivity contribution < 1.29 is 9.85 Å². The van der Waals surface area contributed by atoms with E-state index >= 15 is 0 Å². The van der Waals surface area contributed by atoms with Crippen LogP contribution in [-0.2, 0) is 0 Å². The van der Waals surface area contributed by atoms with E-state index in [9.17, 15) is 20.2 Å². The van der Waals surface area contributed by atoms with Crippen LogP contribution >= 0.6 is 0 Å². The van der Waals surface area contributed by atoms with Crippen molar-refractivity contribution in [1.82, 2.24) is 15.0 Å². The number of aromatic nitrogens is 3. The van der Waals surface area contributed by atoms with Gasteiger partial charge in [0.1, 0.15) is 5.69 Å². The molecule has 3 heterocycles. The summed E-state index contributed by atoms with van der Waals surface area (Å²) in [6.07, 6.45) is 6.64. The summed E-state index contributed by atoms with van der Waals surface area (Å²) in [5.41, 5.74) is 4.84. The number of anilines is 4. The summed E-state index contributed by atoms with van der Waals surface area (Å²) in [5, 5.41) is 22.3. The maximum atomic E-state index is 11.4. The second-order valence-electron chi connectivity index (χ2n) is 7.82. The number of nitro benzene ring substituents is 2. The van der Waals surface area contributed by atoms with Crippen molar-refractivity contribution in [3.05, 3.63) is 38.4 Å². The normalized spacial score (nSPS) is 16.5. The predicted molar refractivity (Wildman–Crippen MR) is 119 cm³/mol. The summed E-state index contributed by atoms with van der Waals surface area (Å²) in [6.45, 7) is 3.46. The monoisotopic (exact) mass is 443 g/mol. The quantitative estimate of drug-likeness (QED) is 0.479. The molecule has 0 radical (unpaired) electrons. The summed E-state index contributed by atoms with van der Waals surface area (Å²) >= 11 is 0. The lowest BCUT2D eigenvalue weighted by molar-refractivity contribution is -0.393. The fourth-order valence-electron chi connectivity index (χ4n) is 3.89. The van der Waals surface area contributed by atoms with Gasteiger partial charge in [0.15, 0.2) is 0 Å². The molecule has 170 valence electrons. The molecule has 32 heavy (non-hydrogen) atoms. The van der Waals surface area contributed by atoms with Crippen LogP contribution in [0.1, 0.15) is 38.5 Å². The highest BCUT2D eigenvalue weighted by atomic mass is 16.6. The molecule has 2 N–H and O–H groups in total. The van der Waals surface area contributed by atoms with Crippen LogP contribution in [0.15, 0.2) is 18.2 Å². The van der Waals surface area contributed by atoms with E-state index in [1.807, 2.05) is 0 Å². The molecule has 0 aliphatic carbocycles. The number of hydrogen-bond donors (Lipinski definition) is 2. The Balaban J connectivity index is 1.59. The van der Waals surface area contributed by atoms with Crippen LogP contribution in [-0.4, -0.2) is 51.0 Å². The van der Waals surface area contributed by atoms with E-state index in [0.717, 1.165) is 57.9 Å². The van der Waals surface area contributed by atoms with Crippen LogP contribution in [0.4, 0.5) is 34.9 Å². The first kappa shape index (κ1) is 21.5. The zero-order valence-corrected chi connectivity index (χ0v) is 17.6. The fraction of sp³-hybridized carbons (Fsp3) is 0.526. The van der Waals surface area contributed by atoms with Crippen molar-refractivity contribution in [1.29, 1.82) is 0 Å². The van der Waals surface area contributed by atoms with Gasteiger partial charge in [-0.25, -0.2) is 0 Å². The van der Waals surface area contributed by atoms with Crippen molar-refractivity contribution >= 4 is 34.9 Å². The maximum absolute atomic E-state index is 11.4. The Morgan fingerprint density at radius 1 is 0.750 bits per heavy atom. The lowest BCUT2D eigenvalue weighted by Gasteiger charge is -2.30. The van der Waals surface area contributed by atoms with E-state index < -0.39 is 15.5 Å². The first-order valence-corrected chi connectivity index (χ1v) is 10.7. The molecule has 0 atom stereocenters. The predicted octanol–water partition coefficient (Wildman–Crippen LogP) is 3.11. The summed E-state index contributed by atoms with van der Waals surface area (Å²) in [6, 6.07) is 3.39. The first-order valence-electron chi connectivity index (χ1n) is 10.7. The van der Waals surface area contributed by atoms with Crippen LogP contribution in [0.25, 0.3) is 0 Å². The van der Waals surface area contributed by atoms with Gasteiger partial charge < -0.3 is 9.80 Å². The molecular formula is C19H25N9O4. The van der Waals surface area contributed by atoms with Crippen molar-refractivity contribution in [2.24, 2.45) is 0 Å². The van der Waals surface area contributed by atoms with Crippen molar-refractivity contribution in [2.75, 3.05) is 46.8 Å². The summed E-state index contributed by atoms with van der Waals surface area (Å²) < 4.78 is 0. The Hall–Kier alpha value is -3.77. The fourth-order valence-corrected chi connectivity index (χ4v) is 3.89. The summed E-state index contributed by atoms with van der Waals surface area (Å²) in [7, 11) is 0. The van der Waals surface area contributed by atoms with E-state index in [1.165, 1.54) is 25.0 Å². The molecule has 2 aromatic rings. The van der Waals surface area contributed by atoms with Gasteiger partial charge in [-0.2, -0.15) is 15.0 Å². The summed E-state index contributed by atoms with van der Waals surface area (Å²) in [5.74, 6) is 1.37. The second-order valence-corrected chi connectivity index (χ2v) is 7.82. The third-order valence-corrected chi connectivity index (χ3v) is 5.59. The number of nitrogens with zero attached hydrogens (tertiary/aromatic N) is 7. The largest absolute Gasteiger partial charge is 0.341 e. The number of benzene rings is 1. The SMILES string of the molecule is O=[N+]([O-])c1ccc(NNc2nc(N3CCCCC3)nc(N3CCCCC3)n2)c([N+](=O)[O-])c1. The molecule has 13 nitrogen and oxygen atoms in total. The Kier molecular flexibility index (Phi) is 6.42. The van der Waals surface area contributed by atoms with E-state index in [0.29, 0.717) is 11.9 Å². The third kappa shape index (κ3) is 4.92. The second kappa shape index (κ2) is 9.58. The minimum absolute atomic E-state index is 0.0695. The van der Waals surface area contributed by atoms with Gasteiger partial charge in [-0.3, -0.25) is 31.1 Å². The maximum Gasteiger partial charge on any atom is 0.300 e. The number of non-ortho nitro benzene ring substituents is 1. The van der Waals surface area contributed by atoms with Gasteiger partial charge in [-0.1, -0.05) is 0 Å². The van der Waals surface area contributed by atoms with Gasteiger partial charge in [-0.15, -0.1) is 0 Å². The van der Waals surface area contributed by atoms with Crippen LogP contribution in [0.5, 0.6) is 0 Å². The zero-order valence-electron chi connectivity index (χ0n) is 17.6. The highest BCUT2D eigenvalue weighted by molar-refractivity contribution is 5.66. The standard InChI is InChI=1S/C19H25N9O4/c29-27(30)14-7-8-15(16(13-14)28(31)32)23-24-17-20-18(25-9-3-1-4-10-25)22-19(21-17)26-11-5-2-6-12-26/h7-8,13,23H,1-6,9-12H2,(H,20,21,22,24). The molecule has 0 unspecified atom stereocenters. The van der Waals surface area contributed by atoms with Crippen molar-refractivity contribution in [3.63, 3.8) is 0 Å². The molecule has 2 fully saturated rings. The Labute approximate surface area is 184 Å². The van der Waals surface area contributed by atoms with E-state index in [2.05, 4.69) is 30.6 Å². The number of hydrazine groups is 1. The molecule has 0 amide bonds. The van der Waals surface area contributed by atoms with Crippen LogP contribution in [0, 0.1) is 20.2 Å². The van der Waals surface area contributed by atoms with Gasteiger partial charge in [0.05, 0.1) is 15.9 Å². The molecule has 13 heteroatoms. The molecule has 2 saturated heterocycles. The molecular weight excluding hydrogens is 418 g/mol. The lowest BCUT2D eigenvalue weighted by Crippen LogP contribution is -2.34. The van der Waals surface area contributed by atoms with E-state index in [4.69, 9.17) is 4.98 Å². The molecule has 0 bridgehead atoms. The minimum atomic E-state index is -0.678. The van der Waals surface area contributed by atoms with Crippen LogP contribution in [0.2, 0.25) is 0 Å². The molecule has 4 rings (SSSR count). The highest BCUT2D eigenvalue weighted by Gasteiger charge is 2.22. The van der Waals surface area contributed by atoms with E-state index in [1.54, 1.807) is 0 Å². The highest BCUT2D eigenvalue weighted by Crippen LogP contribution is 2.29. The molecule has 0 saturated carbocycles. The lowest BCUT2D eigenvalue weighted by atomic mass is 10.1.